The number of hydrogen-bond donors (Lipinski definition) is 0. The number of benzene rings is 1. The fraction of sp³-hybridized carbons (Fsp3) is 0.133. The predicted molar refractivity (Wildman–Crippen MR) is 68.8 cm³/mol. The van der Waals surface area contributed by atoms with Gasteiger partial charge in [-0.1, -0.05) is 19.1 Å². The molecule has 2 nitrogen and oxygen atoms in total. The largest absolute Gasteiger partial charge is 0.303 e. The Morgan fingerprint density at radius 2 is 2.22 bits per heavy atom. The molecule has 3 heteroatoms. The molecule has 2 aromatic heterocycles. The number of hydrogen-bond acceptors (Lipinski definition) is 1. The lowest BCUT2D eigenvalue weighted by atomic mass is 10.1. The summed E-state index contributed by atoms with van der Waals surface area (Å²) in [4.78, 5) is 4.31. The van der Waals surface area contributed by atoms with Crippen molar-refractivity contribution < 1.29 is 4.39 Å². The zero-order chi connectivity index (χ0) is 12.5. The van der Waals surface area contributed by atoms with Crippen LogP contribution in [0.4, 0.5) is 4.39 Å². The van der Waals surface area contributed by atoms with Crippen molar-refractivity contribution in [2.24, 2.45) is 0 Å². The quantitative estimate of drug-likeness (QED) is 0.669. The fourth-order valence-corrected chi connectivity index (χ4v) is 2.08. The first kappa shape index (κ1) is 11.0. The van der Waals surface area contributed by atoms with Gasteiger partial charge in [-0.05, 0) is 30.7 Å². The van der Waals surface area contributed by atoms with Gasteiger partial charge in [0.15, 0.2) is 0 Å². The van der Waals surface area contributed by atoms with Gasteiger partial charge in [-0.25, -0.2) is 9.37 Å². The molecule has 18 heavy (non-hydrogen) atoms. The zero-order valence-electron chi connectivity index (χ0n) is 10.0. The van der Waals surface area contributed by atoms with Crippen molar-refractivity contribution in [2.75, 3.05) is 0 Å². The molecule has 0 aliphatic carbocycles. The summed E-state index contributed by atoms with van der Waals surface area (Å²) < 4.78 is 15.7. The summed E-state index contributed by atoms with van der Waals surface area (Å²) in [5, 5.41) is 0. The lowest BCUT2D eigenvalue weighted by Gasteiger charge is -2.05. The van der Waals surface area contributed by atoms with E-state index in [1.807, 2.05) is 28.9 Å². The van der Waals surface area contributed by atoms with Crippen molar-refractivity contribution in [3.8, 4) is 11.1 Å². The van der Waals surface area contributed by atoms with Crippen molar-refractivity contribution >= 4 is 5.65 Å². The minimum absolute atomic E-state index is 0.255. The molecule has 0 spiro atoms. The second kappa shape index (κ2) is 4.26. The van der Waals surface area contributed by atoms with Gasteiger partial charge in [0.1, 0.15) is 11.5 Å². The molecule has 0 aliphatic heterocycles. The number of aromatic nitrogens is 2. The van der Waals surface area contributed by atoms with Gasteiger partial charge in [-0.3, -0.25) is 0 Å². The van der Waals surface area contributed by atoms with E-state index in [-0.39, 0.29) is 5.82 Å². The minimum atomic E-state index is -0.255. The molecular formula is C15H12FN2. The maximum absolute atomic E-state index is 13.7. The minimum Gasteiger partial charge on any atom is -0.303 e. The average molecular weight is 239 g/mol. The molecule has 0 unspecified atom stereocenters. The number of imidazole rings is 1. The number of pyridine rings is 1. The van der Waals surface area contributed by atoms with Crippen LogP contribution in [-0.2, 0) is 6.42 Å². The van der Waals surface area contributed by atoms with Gasteiger partial charge in [-0.2, -0.15) is 0 Å². The van der Waals surface area contributed by atoms with Gasteiger partial charge in [0.05, 0.1) is 0 Å². The average Bonchev–Trinajstić information content (AvgIpc) is 2.81. The number of halogens is 1. The highest BCUT2D eigenvalue weighted by atomic mass is 19.1. The lowest BCUT2D eigenvalue weighted by Crippen LogP contribution is -1.93. The predicted octanol–water partition coefficient (Wildman–Crippen LogP) is 3.50. The summed E-state index contributed by atoms with van der Waals surface area (Å²) in [6.07, 6.45) is 4.66. The lowest BCUT2D eigenvalue weighted by molar-refractivity contribution is 0.631. The Kier molecular flexibility index (Phi) is 2.59. The van der Waals surface area contributed by atoms with Crippen LogP contribution < -0.4 is 0 Å². The summed E-state index contributed by atoms with van der Waals surface area (Å²) in [5.74, 6) is -0.255. The van der Waals surface area contributed by atoms with Crippen LogP contribution in [0.5, 0.6) is 0 Å². The topological polar surface area (TPSA) is 17.3 Å². The first-order valence-corrected chi connectivity index (χ1v) is 5.92. The maximum Gasteiger partial charge on any atom is 0.136 e. The Hall–Kier alpha value is -2.16. The molecule has 0 aliphatic rings. The number of fused-ring (bicyclic) bond motifs is 1. The van der Waals surface area contributed by atoms with Crippen molar-refractivity contribution in [3.63, 3.8) is 0 Å². The number of nitrogens with zero attached hydrogens (tertiary/aromatic N) is 2. The van der Waals surface area contributed by atoms with E-state index < -0.39 is 0 Å². The molecule has 2 heterocycles. The Morgan fingerprint density at radius 3 is 3.00 bits per heavy atom. The first-order chi connectivity index (χ1) is 8.79. The Labute approximate surface area is 105 Å². The SMILES string of the molecule is CCc1cnc2ccc(-c3[c]cccc3F)cn12. The highest BCUT2D eigenvalue weighted by Crippen LogP contribution is 2.23. The second-order valence-electron chi connectivity index (χ2n) is 4.14. The van der Waals surface area contributed by atoms with Crippen LogP contribution in [0.3, 0.4) is 0 Å². The molecule has 0 bridgehead atoms. The monoisotopic (exact) mass is 239 g/mol. The summed E-state index contributed by atoms with van der Waals surface area (Å²) in [5.41, 5.74) is 3.30. The molecule has 0 fully saturated rings. The van der Waals surface area contributed by atoms with E-state index in [1.165, 1.54) is 6.07 Å². The molecule has 3 aromatic rings. The van der Waals surface area contributed by atoms with Crippen LogP contribution in [0.2, 0.25) is 0 Å². The first-order valence-electron chi connectivity index (χ1n) is 5.92. The highest BCUT2D eigenvalue weighted by Gasteiger charge is 2.07. The van der Waals surface area contributed by atoms with E-state index in [0.29, 0.717) is 5.56 Å². The van der Waals surface area contributed by atoms with Crippen LogP contribution >= 0.6 is 0 Å². The number of rotatable bonds is 2. The Morgan fingerprint density at radius 1 is 1.33 bits per heavy atom. The van der Waals surface area contributed by atoms with E-state index >= 15 is 0 Å². The maximum atomic E-state index is 13.7. The van der Waals surface area contributed by atoms with Gasteiger partial charge in [-0.15, -0.1) is 0 Å². The standard InChI is InChI=1S/C15H12FN2/c1-2-12-9-17-15-8-7-11(10-18(12)15)13-5-3-4-6-14(13)16/h3-4,6-10H,2H2,1H3. The molecule has 0 atom stereocenters. The molecular weight excluding hydrogens is 227 g/mol. The van der Waals surface area contributed by atoms with Gasteiger partial charge >= 0.3 is 0 Å². The molecule has 1 radical (unpaired) electrons. The molecule has 89 valence electrons. The van der Waals surface area contributed by atoms with E-state index in [2.05, 4.69) is 18.0 Å². The summed E-state index contributed by atoms with van der Waals surface area (Å²) in [7, 11) is 0. The smallest absolute Gasteiger partial charge is 0.136 e. The Bertz CT molecular complexity index is 701. The Balaban J connectivity index is 2.21. The van der Waals surface area contributed by atoms with Crippen molar-refractivity contribution in [3.05, 3.63) is 60.3 Å². The molecule has 0 amide bonds. The molecule has 0 N–H and O–H groups in total. The highest BCUT2D eigenvalue weighted by molar-refractivity contribution is 5.64. The van der Waals surface area contributed by atoms with E-state index in [1.54, 1.807) is 12.1 Å². The summed E-state index contributed by atoms with van der Waals surface area (Å²) in [6, 6.07) is 11.5. The van der Waals surface area contributed by atoms with E-state index in [4.69, 9.17) is 0 Å². The van der Waals surface area contributed by atoms with Crippen LogP contribution in [0.1, 0.15) is 12.6 Å². The van der Waals surface area contributed by atoms with Crippen molar-refractivity contribution in [2.45, 2.75) is 13.3 Å². The number of aryl methyl sites for hydroxylation is 1. The van der Waals surface area contributed by atoms with Crippen LogP contribution in [0.25, 0.3) is 16.8 Å². The molecule has 0 saturated carbocycles. The van der Waals surface area contributed by atoms with Gasteiger partial charge in [0.25, 0.3) is 0 Å². The molecule has 1 aromatic carbocycles. The van der Waals surface area contributed by atoms with E-state index in [0.717, 1.165) is 23.3 Å². The van der Waals surface area contributed by atoms with Gasteiger partial charge in [0.2, 0.25) is 0 Å². The van der Waals surface area contributed by atoms with Crippen LogP contribution in [0.15, 0.2) is 42.7 Å². The molecule has 0 saturated heterocycles. The summed E-state index contributed by atoms with van der Waals surface area (Å²) in [6.45, 7) is 2.07. The van der Waals surface area contributed by atoms with Crippen molar-refractivity contribution in [1.29, 1.82) is 0 Å². The third-order valence-corrected chi connectivity index (χ3v) is 3.04. The van der Waals surface area contributed by atoms with Crippen LogP contribution in [0, 0.1) is 11.9 Å². The van der Waals surface area contributed by atoms with Gasteiger partial charge < -0.3 is 4.40 Å². The van der Waals surface area contributed by atoms with Crippen molar-refractivity contribution in [1.82, 2.24) is 9.38 Å². The summed E-state index contributed by atoms with van der Waals surface area (Å²) >= 11 is 0. The normalized spacial score (nSPS) is 11.0. The second-order valence-corrected chi connectivity index (χ2v) is 4.14. The fourth-order valence-electron chi connectivity index (χ4n) is 2.08. The third kappa shape index (κ3) is 1.68. The van der Waals surface area contributed by atoms with Crippen LogP contribution in [-0.4, -0.2) is 9.38 Å². The third-order valence-electron chi connectivity index (χ3n) is 3.04. The van der Waals surface area contributed by atoms with Gasteiger partial charge in [0, 0.05) is 29.2 Å². The van der Waals surface area contributed by atoms with E-state index in [9.17, 15) is 4.39 Å². The molecule has 3 rings (SSSR count). The zero-order valence-corrected chi connectivity index (χ0v) is 10.0.